The molecule has 1 aromatic carbocycles. The smallest absolute Gasteiger partial charge is 0.175 e. The van der Waals surface area contributed by atoms with Crippen LogP contribution in [0.25, 0.3) is 0 Å². The van der Waals surface area contributed by atoms with E-state index >= 15 is 0 Å². The molecule has 74 valence electrons. The zero-order valence-electron chi connectivity index (χ0n) is 8.00. The van der Waals surface area contributed by atoms with Crippen molar-refractivity contribution in [2.24, 2.45) is 0 Å². The first kappa shape index (κ1) is 10.9. The molecule has 0 spiro atoms. The summed E-state index contributed by atoms with van der Waals surface area (Å²) < 4.78 is 11.2. The summed E-state index contributed by atoms with van der Waals surface area (Å²) >= 11 is 3.31. The zero-order chi connectivity index (χ0) is 10.6. The lowest BCUT2D eigenvalue weighted by Crippen LogP contribution is -1.96. The van der Waals surface area contributed by atoms with E-state index in [9.17, 15) is 0 Å². The second kappa shape index (κ2) is 4.87. The van der Waals surface area contributed by atoms with Crippen LogP contribution < -0.4 is 9.47 Å². The zero-order valence-corrected chi connectivity index (χ0v) is 9.59. The number of ether oxygens (including phenoxy) is 2. The Morgan fingerprint density at radius 3 is 2.71 bits per heavy atom. The fourth-order valence-electron chi connectivity index (χ4n) is 1.09. The highest BCUT2D eigenvalue weighted by molar-refractivity contribution is 9.10. The normalized spacial score (nSPS) is 9.29. The molecule has 0 saturated heterocycles. The van der Waals surface area contributed by atoms with Gasteiger partial charge in [-0.25, -0.2) is 0 Å². The van der Waals surface area contributed by atoms with Gasteiger partial charge in [0.25, 0.3) is 0 Å². The van der Waals surface area contributed by atoms with Crippen molar-refractivity contribution in [1.29, 1.82) is 5.26 Å². The summed E-state index contributed by atoms with van der Waals surface area (Å²) in [6, 6.07) is 5.41. The number of nitriles is 1. The van der Waals surface area contributed by atoms with Crippen LogP contribution in [-0.4, -0.2) is 13.7 Å². The van der Waals surface area contributed by atoms with Crippen molar-refractivity contribution in [3.8, 4) is 17.6 Å². The molecule has 1 aromatic rings. The highest BCUT2D eigenvalue weighted by Gasteiger charge is 2.10. The van der Waals surface area contributed by atoms with E-state index in [4.69, 9.17) is 14.7 Å². The summed E-state index contributed by atoms with van der Waals surface area (Å²) in [5.74, 6) is 1.20. The number of halogens is 1. The summed E-state index contributed by atoms with van der Waals surface area (Å²) in [7, 11) is 1.56. The largest absolute Gasteiger partial charge is 0.492 e. The van der Waals surface area contributed by atoms with Gasteiger partial charge in [-0.15, -0.1) is 0 Å². The van der Waals surface area contributed by atoms with Crippen LogP contribution in [0, 0.1) is 11.3 Å². The predicted octanol–water partition coefficient (Wildman–Crippen LogP) is 2.73. The van der Waals surface area contributed by atoms with Crippen molar-refractivity contribution < 1.29 is 9.47 Å². The molecule has 0 unspecified atom stereocenters. The molecule has 4 heteroatoms. The Bertz CT molecular complexity index is 371. The summed E-state index contributed by atoms with van der Waals surface area (Å²) in [5.41, 5.74) is 0.543. The van der Waals surface area contributed by atoms with E-state index < -0.39 is 0 Å². The van der Waals surface area contributed by atoms with Gasteiger partial charge in [-0.1, -0.05) is 0 Å². The molecule has 0 radical (unpaired) electrons. The Hall–Kier alpha value is -1.21. The van der Waals surface area contributed by atoms with E-state index in [0.29, 0.717) is 23.7 Å². The van der Waals surface area contributed by atoms with Crippen LogP contribution in [-0.2, 0) is 0 Å². The van der Waals surface area contributed by atoms with Crippen molar-refractivity contribution in [1.82, 2.24) is 0 Å². The number of benzene rings is 1. The molecule has 1 rings (SSSR count). The molecular formula is C10H10BrNO2. The summed E-state index contributed by atoms with van der Waals surface area (Å²) in [5, 5.41) is 8.75. The Labute approximate surface area is 91.4 Å². The first-order valence-electron chi connectivity index (χ1n) is 4.13. The van der Waals surface area contributed by atoms with Gasteiger partial charge in [-0.2, -0.15) is 5.26 Å². The quantitative estimate of drug-likeness (QED) is 0.834. The fraction of sp³-hybridized carbons (Fsp3) is 0.300. The molecule has 14 heavy (non-hydrogen) atoms. The number of rotatable bonds is 3. The highest BCUT2D eigenvalue weighted by Crippen LogP contribution is 2.36. The third-order valence-corrected chi connectivity index (χ3v) is 2.23. The topological polar surface area (TPSA) is 42.2 Å². The van der Waals surface area contributed by atoms with Gasteiger partial charge < -0.3 is 9.47 Å². The molecular weight excluding hydrogens is 246 g/mol. The predicted molar refractivity (Wildman–Crippen MR) is 56.6 cm³/mol. The lowest BCUT2D eigenvalue weighted by atomic mass is 10.2. The lowest BCUT2D eigenvalue weighted by molar-refractivity contribution is 0.310. The van der Waals surface area contributed by atoms with Crippen LogP contribution in [0.1, 0.15) is 12.5 Å². The van der Waals surface area contributed by atoms with Crippen LogP contribution in [0.2, 0.25) is 0 Å². The lowest BCUT2D eigenvalue weighted by Gasteiger charge is -2.10. The minimum Gasteiger partial charge on any atom is -0.492 e. The third-order valence-electron chi connectivity index (χ3n) is 1.64. The Balaban J connectivity index is 3.22. The molecule has 0 atom stereocenters. The molecule has 0 bridgehead atoms. The number of hydrogen-bond acceptors (Lipinski definition) is 3. The van der Waals surface area contributed by atoms with Crippen molar-refractivity contribution in [3.05, 3.63) is 22.2 Å². The SMILES string of the molecule is CCOc1cc(C#N)cc(Br)c1OC. The second-order valence-corrected chi connectivity index (χ2v) is 3.39. The molecule has 0 N–H and O–H groups in total. The van der Waals surface area contributed by atoms with E-state index in [0.717, 1.165) is 4.47 Å². The van der Waals surface area contributed by atoms with Gasteiger partial charge in [0, 0.05) is 6.07 Å². The number of nitrogens with zero attached hydrogens (tertiary/aromatic N) is 1. The van der Waals surface area contributed by atoms with Crippen molar-refractivity contribution in [2.75, 3.05) is 13.7 Å². The molecule has 0 heterocycles. The Morgan fingerprint density at radius 2 is 2.21 bits per heavy atom. The van der Waals surface area contributed by atoms with Gasteiger partial charge in [-0.05, 0) is 28.9 Å². The van der Waals surface area contributed by atoms with E-state index in [-0.39, 0.29) is 0 Å². The summed E-state index contributed by atoms with van der Waals surface area (Å²) in [6.07, 6.45) is 0. The van der Waals surface area contributed by atoms with Gasteiger partial charge in [0.15, 0.2) is 11.5 Å². The van der Waals surface area contributed by atoms with Crippen molar-refractivity contribution in [2.45, 2.75) is 6.92 Å². The van der Waals surface area contributed by atoms with Crippen molar-refractivity contribution in [3.63, 3.8) is 0 Å². The second-order valence-electron chi connectivity index (χ2n) is 2.53. The van der Waals surface area contributed by atoms with E-state index in [2.05, 4.69) is 22.0 Å². The third kappa shape index (κ3) is 2.18. The van der Waals surface area contributed by atoms with Crippen LogP contribution >= 0.6 is 15.9 Å². The highest BCUT2D eigenvalue weighted by atomic mass is 79.9. The van der Waals surface area contributed by atoms with Gasteiger partial charge in [-0.3, -0.25) is 0 Å². The van der Waals surface area contributed by atoms with Gasteiger partial charge in [0.1, 0.15) is 0 Å². The van der Waals surface area contributed by atoms with Crippen molar-refractivity contribution >= 4 is 15.9 Å². The average molecular weight is 256 g/mol. The Morgan fingerprint density at radius 1 is 1.50 bits per heavy atom. The maximum Gasteiger partial charge on any atom is 0.175 e. The molecule has 0 aliphatic heterocycles. The maximum atomic E-state index is 8.75. The van der Waals surface area contributed by atoms with Gasteiger partial charge in [0.2, 0.25) is 0 Å². The monoisotopic (exact) mass is 255 g/mol. The molecule has 0 aliphatic rings. The minimum atomic E-state index is 0.539. The van der Waals surface area contributed by atoms with Crippen LogP contribution in [0.4, 0.5) is 0 Å². The standard InChI is InChI=1S/C10H10BrNO2/c1-3-14-9-5-7(6-12)4-8(11)10(9)13-2/h4-5H,3H2,1-2H3. The number of methoxy groups -OCH3 is 1. The molecule has 0 fully saturated rings. The average Bonchev–Trinajstić information content (AvgIpc) is 2.18. The summed E-state index contributed by atoms with van der Waals surface area (Å²) in [6.45, 7) is 2.42. The van der Waals surface area contributed by atoms with Crippen LogP contribution in [0.15, 0.2) is 16.6 Å². The van der Waals surface area contributed by atoms with Gasteiger partial charge >= 0.3 is 0 Å². The molecule has 0 saturated carbocycles. The van der Waals surface area contributed by atoms with Crippen LogP contribution in [0.5, 0.6) is 11.5 Å². The molecule has 3 nitrogen and oxygen atoms in total. The van der Waals surface area contributed by atoms with Gasteiger partial charge in [0.05, 0.1) is 29.8 Å². The molecule has 0 aliphatic carbocycles. The number of hydrogen-bond donors (Lipinski definition) is 0. The van der Waals surface area contributed by atoms with E-state index in [1.807, 2.05) is 6.92 Å². The maximum absolute atomic E-state index is 8.75. The van der Waals surface area contributed by atoms with E-state index in [1.54, 1.807) is 19.2 Å². The first-order chi connectivity index (χ1) is 6.72. The Kier molecular flexibility index (Phi) is 3.78. The summed E-state index contributed by atoms with van der Waals surface area (Å²) in [4.78, 5) is 0. The van der Waals surface area contributed by atoms with Crippen LogP contribution in [0.3, 0.4) is 0 Å². The molecule has 0 amide bonds. The molecule has 0 aromatic heterocycles. The minimum absolute atomic E-state index is 0.539. The first-order valence-corrected chi connectivity index (χ1v) is 4.92. The van der Waals surface area contributed by atoms with E-state index in [1.165, 1.54) is 0 Å². The fourth-order valence-corrected chi connectivity index (χ4v) is 1.70.